The van der Waals surface area contributed by atoms with Crippen LogP contribution in [0.15, 0.2) is 0 Å². The van der Waals surface area contributed by atoms with Gasteiger partial charge in [-0.25, -0.2) is 0 Å². The zero-order valence-electron chi connectivity index (χ0n) is 11.0. The Balaban J connectivity index is 2.01. The molecule has 0 aliphatic carbocycles. The molecule has 0 spiro atoms. The molecule has 0 saturated carbocycles. The summed E-state index contributed by atoms with van der Waals surface area (Å²) in [6.45, 7) is -0.931. The quantitative estimate of drug-likeness (QED) is 0.268. The lowest BCUT2D eigenvalue weighted by Gasteiger charge is -2.43. The van der Waals surface area contributed by atoms with Crippen molar-refractivity contribution in [3.63, 3.8) is 0 Å². The molecule has 0 radical (unpaired) electrons. The van der Waals surface area contributed by atoms with Crippen molar-refractivity contribution in [3.05, 3.63) is 0 Å². The van der Waals surface area contributed by atoms with Crippen LogP contribution in [0.25, 0.3) is 0 Å². The highest BCUT2D eigenvalue weighted by atomic mass is 16.7. The van der Waals surface area contributed by atoms with E-state index in [9.17, 15) is 30.6 Å². The largest absolute Gasteiger partial charge is 0.394 e. The predicted molar refractivity (Wildman–Crippen MR) is 62.6 cm³/mol. The SMILES string of the molecule is OC[C@H]1O[C@@H](O)[C@H](O[C@@H]2OC[C@@H](O)[C@H](O)[C@H]2O)[C@@H](O)[C@H]1O. The summed E-state index contributed by atoms with van der Waals surface area (Å²) in [5.74, 6) is 0. The zero-order chi connectivity index (χ0) is 15.7. The number of hydrogen-bond acceptors (Lipinski definition) is 10. The molecular weight excluding hydrogens is 292 g/mol. The first-order valence-electron chi connectivity index (χ1n) is 6.48. The predicted octanol–water partition coefficient (Wildman–Crippen LogP) is -4.76. The molecule has 2 rings (SSSR count). The summed E-state index contributed by atoms with van der Waals surface area (Å²) >= 11 is 0. The Morgan fingerprint density at radius 3 is 2.19 bits per heavy atom. The van der Waals surface area contributed by atoms with Gasteiger partial charge in [-0.1, -0.05) is 0 Å². The highest BCUT2D eigenvalue weighted by molar-refractivity contribution is 4.91. The maximum Gasteiger partial charge on any atom is 0.186 e. The van der Waals surface area contributed by atoms with Crippen LogP contribution in [0.2, 0.25) is 0 Å². The van der Waals surface area contributed by atoms with Gasteiger partial charge in [0.05, 0.1) is 13.2 Å². The fourth-order valence-corrected chi connectivity index (χ4v) is 2.27. The summed E-state index contributed by atoms with van der Waals surface area (Å²) in [6.07, 6.45) is -13.3. The van der Waals surface area contributed by atoms with E-state index in [0.717, 1.165) is 0 Å². The first-order chi connectivity index (χ1) is 9.86. The van der Waals surface area contributed by atoms with Crippen molar-refractivity contribution in [2.75, 3.05) is 13.2 Å². The minimum Gasteiger partial charge on any atom is -0.394 e. The number of hydrogen-bond donors (Lipinski definition) is 7. The van der Waals surface area contributed by atoms with Crippen molar-refractivity contribution in [3.8, 4) is 0 Å². The summed E-state index contributed by atoms with van der Waals surface area (Å²) in [5.41, 5.74) is 0. The number of aliphatic hydroxyl groups excluding tert-OH is 7. The van der Waals surface area contributed by atoms with E-state index >= 15 is 0 Å². The van der Waals surface area contributed by atoms with E-state index in [2.05, 4.69) is 0 Å². The topological polar surface area (TPSA) is 169 Å². The summed E-state index contributed by atoms with van der Waals surface area (Å²) in [6, 6.07) is 0. The molecule has 0 aromatic carbocycles. The molecule has 21 heavy (non-hydrogen) atoms. The molecule has 0 aromatic rings. The van der Waals surface area contributed by atoms with Crippen LogP contribution >= 0.6 is 0 Å². The van der Waals surface area contributed by atoms with Gasteiger partial charge < -0.3 is 50.0 Å². The van der Waals surface area contributed by atoms with E-state index in [1.807, 2.05) is 0 Å². The van der Waals surface area contributed by atoms with Crippen molar-refractivity contribution >= 4 is 0 Å². The molecule has 2 heterocycles. The van der Waals surface area contributed by atoms with Gasteiger partial charge in [0.25, 0.3) is 0 Å². The highest BCUT2D eigenvalue weighted by Gasteiger charge is 2.48. The van der Waals surface area contributed by atoms with E-state index in [-0.39, 0.29) is 6.61 Å². The van der Waals surface area contributed by atoms with Crippen molar-refractivity contribution in [2.45, 2.75) is 55.3 Å². The highest BCUT2D eigenvalue weighted by Crippen LogP contribution is 2.26. The zero-order valence-corrected chi connectivity index (χ0v) is 11.0. The van der Waals surface area contributed by atoms with Crippen LogP contribution in [0.1, 0.15) is 0 Å². The van der Waals surface area contributed by atoms with E-state index < -0.39 is 61.9 Å². The average molecular weight is 312 g/mol. The van der Waals surface area contributed by atoms with Gasteiger partial charge >= 0.3 is 0 Å². The molecule has 2 aliphatic heterocycles. The molecule has 124 valence electrons. The molecule has 2 aliphatic rings. The molecule has 0 amide bonds. The van der Waals surface area contributed by atoms with Gasteiger partial charge in [-0.3, -0.25) is 0 Å². The molecule has 2 saturated heterocycles. The second kappa shape index (κ2) is 6.79. The third-order valence-corrected chi connectivity index (χ3v) is 3.59. The van der Waals surface area contributed by atoms with Gasteiger partial charge in [0.15, 0.2) is 12.6 Å². The van der Waals surface area contributed by atoms with Crippen LogP contribution in [-0.2, 0) is 14.2 Å². The van der Waals surface area contributed by atoms with E-state index in [1.165, 1.54) is 0 Å². The Kier molecular flexibility index (Phi) is 5.48. The molecule has 0 bridgehead atoms. The Bertz CT molecular complexity index is 341. The number of ether oxygens (including phenoxy) is 3. The minimum absolute atomic E-state index is 0.315. The Labute approximate surface area is 119 Å². The summed E-state index contributed by atoms with van der Waals surface area (Å²) in [7, 11) is 0. The van der Waals surface area contributed by atoms with Gasteiger partial charge in [0.1, 0.15) is 42.7 Å². The maximum absolute atomic E-state index is 9.87. The second-order valence-corrected chi connectivity index (χ2v) is 5.08. The number of aliphatic hydroxyl groups is 7. The molecule has 10 nitrogen and oxygen atoms in total. The van der Waals surface area contributed by atoms with Gasteiger partial charge in [-0.05, 0) is 0 Å². The third-order valence-electron chi connectivity index (χ3n) is 3.59. The van der Waals surface area contributed by atoms with E-state index in [0.29, 0.717) is 0 Å². The lowest BCUT2D eigenvalue weighted by Crippen LogP contribution is -2.62. The minimum atomic E-state index is -1.68. The van der Waals surface area contributed by atoms with Crippen molar-refractivity contribution in [1.82, 2.24) is 0 Å². The molecule has 0 aromatic heterocycles. The first kappa shape index (κ1) is 17.0. The lowest BCUT2D eigenvalue weighted by atomic mass is 9.98. The molecule has 2 fully saturated rings. The summed E-state index contributed by atoms with van der Waals surface area (Å²) < 4.78 is 15.0. The Morgan fingerprint density at radius 1 is 0.905 bits per heavy atom. The van der Waals surface area contributed by atoms with Crippen LogP contribution in [0.5, 0.6) is 0 Å². The van der Waals surface area contributed by atoms with Crippen molar-refractivity contribution in [1.29, 1.82) is 0 Å². The fraction of sp³-hybridized carbons (Fsp3) is 1.00. The van der Waals surface area contributed by atoms with Gasteiger partial charge in [-0.15, -0.1) is 0 Å². The van der Waals surface area contributed by atoms with Crippen LogP contribution in [0.4, 0.5) is 0 Å². The standard InChI is InChI=1S/C11H20O10/c12-1-4-6(15)7(16)9(10(18)20-4)21-11-8(17)5(14)3(13)2-19-11/h3-18H,1-2H2/t3-,4-,5+,6+,7+,8-,9-,10-,11+/m1/s1. The van der Waals surface area contributed by atoms with Gasteiger partial charge in [0, 0.05) is 0 Å². The average Bonchev–Trinajstić information content (AvgIpc) is 2.47. The maximum atomic E-state index is 9.87. The summed E-state index contributed by atoms with van der Waals surface area (Å²) in [5, 5.41) is 66.7. The summed E-state index contributed by atoms with van der Waals surface area (Å²) in [4.78, 5) is 0. The monoisotopic (exact) mass is 312 g/mol. The second-order valence-electron chi connectivity index (χ2n) is 5.08. The fourth-order valence-electron chi connectivity index (χ4n) is 2.27. The third kappa shape index (κ3) is 3.35. The normalized spacial score (nSPS) is 51.9. The van der Waals surface area contributed by atoms with Crippen LogP contribution < -0.4 is 0 Å². The molecule has 7 N–H and O–H groups in total. The molecule has 9 atom stereocenters. The molecular formula is C11H20O10. The van der Waals surface area contributed by atoms with E-state index in [1.54, 1.807) is 0 Å². The smallest absolute Gasteiger partial charge is 0.186 e. The first-order valence-corrected chi connectivity index (χ1v) is 6.48. The number of rotatable bonds is 3. The van der Waals surface area contributed by atoms with Gasteiger partial charge in [-0.2, -0.15) is 0 Å². The molecule has 0 unspecified atom stereocenters. The Morgan fingerprint density at radius 2 is 1.57 bits per heavy atom. The van der Waals surface area contributed by atoms with E-state index in [4.69, 9.17) is 19.3 Å². The Hall–Kier alpha value is -0.400. The van der Waals surface area contributed by atoms with Crippen molar-refractivity contribution < 1.29 is 50.0 Å². The lowest BCUT2D eigenvalue weighted by molar-refractivity contribution is -0.349. The molecule has 10 heteroatoms. The van der Waals surface area contributed by atoms with Crippen LogP contribution in [-0.4, -0.2) is 104 Å². The van der Waals surface area contributed by atoms with Crippen molar-refractivity contribution in [2.24, 2.45) is 0 Å². The van der Waals surface area contributed by atoms with Crippen LogP contribution in [0.3, 0.4) is 0 Å². The van der Waals surface area contributed by atoms with Gasteiger partial charge in [0.2, 0.25) is 0 Å². The van der Waals surface area contributed by atoms with Crippen LogP contribution in [0, 0.1) is 0 Å².